The molecule has 28 heavy (non-hydrogen) atoms. The highest BCUT2D eigenvalue weighted by Crippen LogP contribution is 2.22. The number of H-pyrrole nitrogens is 1. The Morgan fingerprint density at radius 1 is 1.25 bits per heavy atom. The van der Waals surface area contributed by atoms with Crippen LogP contribution < -0.4 is 5.56 Å². The van der Waals surface area contributed by atoms with E-state index in [2.05, 4.69) is 28.1 Å². The first-order valence-corrected chi connectivity index (χ1v) is 10.0. The van der Waals surface area contributed by atoms with Gasteiger partial charge in [0, 0.05) is 54.9 Å². The SMILES string of the molecule is CCCn1cc(CN2CCc3nc(-c4ccc(Cl)cc4)[nH]c(=O)c3C2)c(C)n1. The van der Waals surface area contributed by atoms with Gasteiger partial charge in [0.15, 0.2) is 0 Å². The van der Waals surface area contributed by atoms with Gasteiger partial charge < -0.3 is 4.98 Å². The molecule has 1 N–H and O–H groups in total. The number of halogens is 1. The second-order valence-electron chi connectivity index (χ2n) is 7.31. The van der Waals surface area contributed by atoms with Crippen LogP contribution in [0.4, 0.5) is 0 Å². The number of nitrogens with zero attached hydrogens (tertiary/aromatic N) is 4. The minimum atomic E-state index is -0.0574. The average Bonchev–Trinajstić information content (AvgIpc) is 3.02. The predicted molar refractivity (Wildman–Crippen MR) is 110 cm³/mol. The number of nitrogens with one attached hydrogen (secondary N) is 1. The third kappa shape index (κ3) is 3.88. The molecule has 0 spiro atoms. The Labute approximate surface area is 169 Å². The summed E-state index contributed by atoms with van der Waals surface area (Å²) in [6.07, 6.45) is 3.96. The smallest absolute Gasteiger partial charge is 0.255 e. The molecule has 6 nitrogen and oxygen atoms in total. The van der Waals surface area contributed by atoms with Crippen molar-refractivity contribution in [2.24, 2.45) is 0 Å². The zero-order valence-electron chi connectivity index (χ0n) is 16.2. The van der Waals surface area contributed by atoms with Gasteiger partial charge >= 0.3 is 0 Å². The molecule has 2 aromatic heterocycles. The van der Waals surface area contributed by atoms with Crippen LogP contribution >= 0.6 is 11.6 Å². The van der Waals surface area contributed by atoms with Crippen LogP contribution in [0.2, 0.25) is 5.02 Å². The number of aryl methyl sites for hydroxylation is 2. The third-order valence-corrected chi connectivity index (χ3v) is 5.41. The summed E-state index contributed by atoms with van der Waals surface area (Å²) in [6.45, 7) is 7.41. The molecule has 3 heterocycles. The van der Waals surface area contributed by atoms with E-state index in [1.54, 1.807) is 12.1 Å². The summed E-state index contributed by atoms with van der Waals surface area (Å²) in [5.74, 6) is 0.602. The number of hydrogen-bond donors (Lipinski definition) is 1. The fourth-order valence-electron chi connectivity index (χ4n) is 3.66. The zero-order chi connectivity index (χ0) is 19.7. The van der Waals surface area contributed by atoms with Gasteiger partial charge in [-0.25, -0.2) is 4.98 Å². The maximum absolute atomic E-state index is 12.7. The van der Waals surface area contributed by atoms with Gasteiger partial charge in [-0.1, -0.05) is 18.5 Å². The molecular weight excluding hydrogens is 374 g/mol. The quantitative estimate of drug-likeness (QED) is 0.714. The van der Waals surface area contributed by atoms with Crippen molar-refractivity contribution in [3.05, 3.63) is 68.4 Å². The maximum atomic E-state index is 12.7. The molecule has 0 fully saturated rings. The van der Waals surface area contributed by atoms with Gasteiger partial charge in [-0.05, 0) is 37.6 Å². The highest BCUT2D eigenvalue weighted by atomic mass is 35.5. The lowest BCUT2D eigenvalue weighted by Crippen LogP contribution is -2.35. The molecule has 0 radical (unpaired) electrons. The molecular formula is C21H24ClN5O. The first-order valence-electron chi connectivity index (χ1n) is 9.66. The molecule has 0 saturated heterocycles. The Bertz CT molecular complexity index is 1040. The normalized spacial score (nSPS) is 14.2. The minimum Gasteiger partial charge on any atom is -0.306 e. The summed E-state index contributed by atoms with van der Waals surface area (Å²) in [5, 5.41) is 5.24. The molecule has 1 aromatic carbocycles. The zero-order valence-corrected chi connectivity index (χ0v) is 17.0. The molecule has 0 atom stereocenters. The van der Waals surface area contributed by atoms with E-state index in [1.807, 2.05) is 23.7 Å². The van der Waals surface area contributed by atoms with Crippen LogP contribution in [-0.4, -0.2) is 31.2 Å². The summed E-state index contributed by atoms with van der Waals surface area (Å²) in [4.78, 5) is 22.7. The van der Waals surface area contributed by atoms with Crippen molar-refractivity contribution in [1.29, 1.82) is 0 Å². The standard InChI is InChI=1S/C21H24ClN5O/c1-3-9-27-12-16(14(2)25-27)11-26-10-8-19-18(13-26)21(28)24-20(23-19)15-4-6-17(22)7-5-15/h4-7,12H,3,8-11,13H2,1-2H3,(H,23,24,28). The molecule has 4 rings (SSSR count). The molecule has 0 amide bonds. The number of rotatable bonds is 5. The summed E-state index contributed by atoms with van der Waals surface area (Å²) in [5.41, 5.74) is 4.75. The van der Waals surface area contributed by atoms with Gasteiger partial charge in [0.1, 0.15) is 5.82 Å². The largest absolute Gasteiger partial charge is 0.306 e. The summed E-state index contributed by atoms with van der Waals surface area (Å²) >= 11 is 5.95. The van der Waals surface area contributed by atoms with Crippen molar-refractivity contribution < 1.29 is 0 Å². The van der Waals surface area contributed by atoms with Gasteiger partial charge in [0.25, 0.3) is 5.56 Å². The minimum absolute atomic E-state index is 0.0574. The van der Waals surface area contributed by atoms with Crippen LogP contribution in [0.25, 0.3) is 11.4 Å². The molecule has 0 unspecified atom stereocenters. The van der Waals surface area contributed by atoms with Crippen molar-refractivity contribution in [1.82, 2.24) is 24.6 Å². The molecule has 7 heteroatoms. The second kappa shape index (κ2) is 7.89. The van der Waals surface area contributed by atoms with Gasteiger partial charge in [-0.3, -0.25) is 14.4 Å². The fraction of sp³-hybridized carbons (Fsp3) is 0.381. The highest BCUT2D eigenvalue weighted by molar-refractivity contribution is 6.30. The monoisotopic (exact) mass is 397 g/mol. The Kier molecular flexibility index (Phi) is 5.33. The highest BCUT2D eigenvalue weighted by Gasteiger charge is 2.22. The molecule has 0 aliphatic carbocycles. The summed E-state index contributed by atoms with van der Waals surface area (Å²) in [7, 11) is 0. The Balaban J connectivity index is 1.54. The van der Waals surface area contributed by atoms with E-state index in [1.165, 1.54) is 5.56 Å². The second-order valence-corrected chi connectivity index (χ2v) is 7.75. The van der Waals surface area contributed by atoms with Crippen molar-refractivity contribution in [2.45, 2.75) is 46.3 Å². The Morgan fingerprint density at radius 2 is 2.04 bits per heavy atom. The third-order valence-electron chi connectivity index (χ3n) is 5.16. The Morgan fingerprint density at radius 3 is 2.79 bits per heavy atom. The van der Waals surface area contributed by atoms with Crippen molar-refractivity contribution in [3.8, 4) is 11.4 Å². The molecule has 3 aromatic rings. The first-order chi connectivity index (χ1) is 13.5. The summed E-state index contributed by atoms with van der Waals surface area (Å²) < 4.78 is 2.01. The molecule has 0 saturated carbocycles. The van der Waals surface area contributed by atoms with Crippen molar-refractivity contribution >= 4 is 11.6 Å². The number of hydrogen-bond acceptors (Lipinski definition) is 4. The number of aromatic nitrogens is 4. The Hall–Kier alpha value is -2.44. The fourth-order valence-corrected chi connectivity index (χ4v) is 3.79. The lowest BCUT2D eigenvalue weighted by Gasteiger charge is -2.27. The van der Waals surface area contributed by atoms with Gasteiger partial charge in [-0.2, -0.15) is 5.10 Å². The predicted octanol–water partition coefficient (Wildman–Crippen LogP) is 3.56. The van der Waals surface area contributed by atoms with E-state index in [9.17, 15) is 4.79 Å². The van der Waals surface area contributed by atoms with E-state index in [0.717, 1.165) is 55.0 Å². The van der Waals surface area contributed by atoms with Gasteiger partial charge in [0.05, 0.1) is 17.0 Å². The number of fused-ring (bicyclic) bond motifs is 1. The molecule has 1 aliphatic rings. The van der Waals surface area contributed by atoms with Crippen molar-refractivity contribution in [2.75, 3.05) is 6.54 Å². The van der Waals surface area contributed by atoms with Crippen LogP contribution in [-0.2, 0) is 26.1 Å². The van der Waals surface area contributed by atoms with Gasteiger partial charge in [0.2, 0.25) is 0 Å². The van der Waals surface area contributed by atoms with Gasteiger partial charge in [-0.15, -0.1) is 0 Å². The van der Waals surface area contributed by atoms with E-state index in [4.69, 9.17) is 16.6 Å². The lowest BCUT2D eigenvalue weighted by atomic mass is 10.1. The van der Waals surface area contributed by atoms with E-state index < -0.39 is 0 Å². The van der Waals surface area contributed by atoms with E-state index in [-0.39, 0.29) is 5.56 Å². The van der Waals surface area contributed by atoms with Crippen LogP contribution in [0, 0.1) is 6.92 Å². The number of benzene rings is 1. The van der Waals surface area contributed by atoms with Crippen LogP contribution in [0.1, 0.15) is 35.9 Å². The van der Waals surface area contributed by atoms with E-state index >= 15 is 0 Å². The molecule has 0 bridgehead atoms. The molecule has 1 aliphatic heterocycles. The van der Waals surface area contributed by atoms with Crippen molar-refractivity contribution in [3.63, 3.8) is 0 Å². The topological polar surface area (TPSA) is 66.8 Å². The summed E-state index contributed by atoms with van der Waals surface area (Å²) in [6, 6.07) is 7.36. The van der Waals surface area contributed by atoms with Crippen LogP contribution in [0.5, 0.6) is 0 Å². The maximum Gasteiger partial charge on any atom is 0.255 e. The lowest BCUT2D eigenvalue weighted by molar-refractivity contribution is 0.241. The molecule has 146 valence electrons. The van der Waals surface area contributed by atoms with E-state index in [0.29, 0.717) is 17.4 Å². The average molecular weight is 398 g/mol. The van der Waals surface area contributed by atoms with Crippen LogP contribution in [0.3, 0.4) is 0 Å². The van der Waals surface area contributed by atoms with Crippen LogP contribution in [0.15, 0.2) is 35.3 Å². The first kappa shape index (κ1) is 18.9. The number of aromatic amines is 1.